The van der Waals surface area contributed by atoms with Crippen molar-refractivity contribution in [1.29, 1.82) is 0 Å². The molecular formula is C14H22N2S. The van der Waals surface area contributed by atoms with E-state index in [1.807, 2.05) is 0 Å². The van der Waals surface area contributed by atoms with Crippen LogP contribution < -0.4 is 5.73 Å². The first-order chi connectivity index (χ1) is 7.90. The Morgan fingerprint density at radius 2 is 2.06 bits per heavy atom. The van der Waals surface area contributed by atoms with Crippen LogP contribution in [0.5, 0.6) is 0 Å². The summed E-state index contributed by atoms with van der Waals surface area (Å²) in [5.74, 6) is 0. The molecule has 3 heteroatoms. The SMILES string of the molecule is Cc1ccc(C)c(CN(C)C(C)CC(N)=S)c1. The maximum Gasteiger partial charge on any atom is 0.0742 e. The van der Waals surface area contributed by atoms with Crippen LogP contribution in [0.15, 0.2) is 18.2 Å². The molecule has 1 rings (SSSR count). The van der Waals surface area contributed by atoms with E-state index in [-0.39, 0.29) is 0 Å². The number of nitrogens with two attached hydrogens (primary N) is 1. The second kappa shape index (κ2) is 6.12. The normalized spacial score (nSPS) is 12.8. The molecule has 0 bridgehead atoms. The summed E-state index contributed by atoms with van der Waals surface area (Å²) in [5.41, 5.74) is 9.60. The zero-order valence-electron chi connectivity index (χ0n) is 11.2. The maximum atomic E-state index is 5.58. The minimum atomic E-state index is 0.382. The third-order valence-corrected chi connectivity index (χ3v) is 3.34. The summed E-state index contributed by atoms with van der Waals surface area (Å²) in [6.45, 7) is 7.38. The predicted molar refractivity (Wildman–Crippen MR) is 78.2 cm³/mol. The van der Waals surface area contributed by atoms with E-state index >= 15 is 0 Å². The van der Waals surface area contributed by atoms with Gasteiger partial charge in [-0.05, 0) is 38.9 Å². The second-order valence-electron chi connectivity index (χ2n) is 4.86. The van der Waals surface area contributed by atoms with Gasteiger partial charge in [0, 0.05) is 19.0 Å². The molecule has 0 saturated heterocycles. The number of benzene rings is 1. The van der Waals surface area contributed by atoms with Gasteiger partial charge in [0.2, 0.25) is 0 Å². The van der Waals surface area contributed by atoms with Crippen LogP contribution in [0.1, 0.15) is 30.0 Å². The van der Waals surface area contributed by atoms with Gasteiger partial charge in [0.1, 0.15) is 0 Å². The van der Waals surface area contributed by atoms with Crippen molar-refractivity contribution in [3.63, 3.8) is 0 Å². The highest BCUT2D eigenvalue weighted by Crippen LogP contribution is 2.14. The lowest BCUT2D eigenvalue weighted by Crippen LogP contribution is -2.32. The van der Waals surface area contributed by atoms with E-state index < -0.39 is 0 Å². The van der Waals surface area contributed by atoms with Crippen LogP contribution in [0, 0.1) is 13.8 Å². The van der Waals surface area contributed by atoms with E-state index in [1.54, 1.807) is 0 Å². The molecule has 17 heavy (non-hydrogen) atoms. The zero-order valence-corrected chi connectivity index (χ0v) is 12.0. The van der Waals surface area contributed by atoms with Crippen LogP contribution in [-0.4, -0.2) is 23.0 Å². The maximum absolute atomic E-state index is 5.58. The molecule has 2 N–H and O–H groups in total. The average molecular weight is 250 g/mol. The number of hydrogen-bond donors (Lipinski definition) is 1. The first-order valence-electron chi connectivity index (χ1n) is 5.95. The lowest BCUT2D eigenvalue weighted by atomic mass is 10.0. The van der Waals surface area contributed by atoms with Crippen molar-refractivity contribution in [2.75, 3.05) is 7.05 Å². The minimum Gasteiger partial charge on any atom is -0.393 e. The van der Waals surface area contributed by atoms with E-state index in [9.17, 15) is 0 Å². The van der Waals surface area contributed by atoms with Gasteiger partial charge in [0.15, 0.2) is 0 Å². The monoisotopic (exact) mass is 250 g/mol. The molecular weight excluding hydrogens is 228 g/mol. The highest BCUT2D eigenvalue weighted by Gasteiger charge is 2.11. The Labute approximate surface area is 110 Å². The lowest BCUT2D eigenvalue weighted by molar-refractivity contribution is 0.255. The highest BCUT2D eigenvalue weighted by atomic mass is 32.1. The number of aryl methyl sites for hydroxylation is 2. The van der Waals surface area contributed by atoms with Crippen molar-refractivity contribution in [2.24, 2.45) is 5.73 Å². The number of thiocarbonyl (C=S) groups is 1. The third kappa shape index (κ3) is 4.44. The van der Waals surface area contributed by atoms with Gasteiger partial charge in [0.05, 0.1) is 4.99 Å². The molecule has 0 amide bonds. The molecule has 0 heterocycles. The summed E-state index contributed by atoms with van der Waals surface area (Å²) >= 11 is 4.95. The fraction of sp³-hybridized carbons (Fsp3) is 0.500. The standard InChI is InChI=1S/C14H22N2S/c1-10-5-6-11(2)13(7-10)9-16(4)12(3)8-14(15)17/h5-7,12H,8-9H2,1-4H3,(H2,15,17). The Hall–Kier alpha value is -0.930. The Kier molecular flexibility index (Phi) is 5.09. The predicted octanol–water partition coefficient (Wildman–Crippen LogP) is 2.80. The largest absolute Gasteiger partial charge is 0.393 e. The minimum absolute atomic E-state index is 0.382. The van der Waals surface area contributed by atoms with Crippen molar-refractivity contribution < 1.29 is 0 Å². The zero-order chi connectivity index (χ0) is 13.0. The lowest BCUT2D eigenvalue weighted by Gasteiger charge is -2.25. The van der Waals surface area contributed by atoms with E-state index in [0.29, 0.717) is 11.0 Å². The molecule has 2 nitrogen and oxygen atoms in total. The summed E-state index contributed by atoms with van der Waals surface area (Å²) in [5, 5.41) is 0. The molecule has 0 fully saturated rings. The molecule has 1 aromatic carbocycles. The first-order valence-corrected chi connectivity index (χ1v) is 6.35. The van der Waals surface area contributed by atoms with Gasteiger partial charge >= 0.3 is 0 Å². The van der Waals surface area contributed by atoms with Crippen LogP contribution in [0.25, 0.3) is 0 Å². The molecule has 0 aliphatic rings. The van der Waals surface area contributed by atoms with Crippen LogP contribution in [0.3, 0.4) is 0 Å². The van der Waals surface area contributed by atoms with Gasteiger partial charge < -0.3 is 5.73 Å². The molecule has 1 aromatic rings. The molecule has 0 aromatic heterocycles. The second-order valence-corrected chi connectivity index (χ2v) is 5.39. The summed E-state index contributed by atoms with van der Waals surface area (Å²) in [6.07, 6.45) is 0.775. The van der Waals surface area contributed by atoms with Crippen LogP contribution in [0.2, 0.25) is 0 Å². The highest BCUT2D eigenvalue weighted by molar-refractivity contribution is 7.80. The molecule has 1 atom stereocenters. The van der Waals surface area contributed by atoms with Crippen molar-refractivity contribution in [1.82, 2.24) is 4.90 Å². The van der Waals surface area contributed by atoms with E-state index in [2.05, 4.69) is 50.9 Å². The van der Waals surface area contributed by atoms with Gasteiger partial charge in [-0.25, -0.2) is 0 Å². The van der Waals surface area contributed by atoms with Gasteiger partial charge in [-0.2, -0.15) is 0 Å². The Morgan fingerprint density at radius 1 is 1.41 bits per heavy atom. The summed E-state index contributed by atoms with van der Waals surface area (Å²) < 4.78 is 0. The molecule has 1 unspecified atom stereocenters. The molecule has 0 spiro atoms. The molecule has 0 aliphatic heterocycles. The first kappa shape index (κ1) is 14.1. The quantitative estimate of drug-likeness (QED) is 0.815. The van der Waals surface area contributed by atoms with Crippen LogP contribution in [0.4, 0.5) is 0 Å². The van der Waals surface area contributed by atoms with Crippen LogP contribution >= 0.6 is 12.2 Å². The number of nitrogens with zero attached hydrogens (tertiary/aromatic N) is 1. The van der Waals surface area contributed by atoms with Crippen molar-refractivity contribution in [3.05, 3.63) is 34.9 Å². The van der Waals surface area contributed by atoms with Gasteiger partial charge in [-0.3, -0.25) is 4.90 Å². The third-order valence-electron chi connectivity index (χ3n) is 3.17. The number of rotatable bonds is 5. The topological polar surface area (TPSA) is 29.3 Å². The molecule has 94 valence electrons. The van der Waals surface area contributed by atoms with Gasteiger partial charge in [0.25, 0.3) is 0 Å². The van der Waals surface area contributed by atoms with E-state index in [1.165, 1.54) is 16.7 Å². The van der Waals surface area contributed by atoms with Gasteiger partial charge in [-0.15, -0.1) is 0 Å². The molecule has 0 saturated carbocycles. The summed E-state index contributed by atoms with van der Waals surface area (Å²) in [4.78, 5) is 2.88. The fourth-order valence-electron chi connectivity index (χ4n) is 1.84. The van der Waals surface area contributed by atoms with E-state index in [0.717, 1.165) is 13.0 Å². The van der Waals surface area contributed by atoms with Crippen molar-refractivity contribution >= 4 is 17.2 Å². The Bertz CT molecular complexity index is 401. The van der Waals surface area contributed by atoms with Crippen molar-refractivity contribution in [3.8, 4) is 0 Å². The van der Waals surface area contributed by atoms with Crippen molar-refractivity contribution in [2.45, 2.75) is 39.8 Å². The smallest absolute Gasteiger partial charge is 0.0742 e. The van der Waals surface area contributed by atoms with Crippen LogP contribution in [-0.2, 0) is 6.54 Å². The van der Waals surface area contributed by atoms with Gasteiger partial charge in [-0.1, -0.05) is 36.0 Å². The summed E-state index contributed by atoms with van der Waals surface area (Å²) in [7, 11) is 2.12. The molecule has 0 aliphatic carbocycles. The summed E-state index contributed by atoms with van der Waals surface area (Å²) in [6, 6.07) is 6.96. The Morgan fingerprint density at radius 3 is 2.65 bits per heavy atom. The average Bonchev–Trinajstić information content (AvgIpc) is 2.22. The van der Waals surface area contributed by atoms with E-state index in [4.69, 9.17) is 18.0 Å². The number of hydrogen-bond acceptors (Lipinski definition) is 2. The molecule has 0 radical (unpaired) electrons. The Balaban J connectivity index is 2.70. The fourth-order valence-corrected chi connectivity index (χ4v) is 2.08.